The van der Waals surface area contributed by atoms with Crippen LogP contribution in [-0.4, -0.2) is 22.8 Å². The molecule has 0 aromatic carbocycles. The molecule has 6 heteroatoms. The van der Waals surface area contributed by atoms with Gasteiger partial charge in [0.15, 0.2) is 10.2 Å². The van der Waals surface area contributed by atoms with Crippen LogP contribution >= 0.6 is 24.4 Å². The van der Waals surface area contributed by atoms with Gasteiger partial charge in [-0.15, -0.1) is 0 Å². The first-order valence-electron chi connectivity index (χ1n) is 5.32. The van der Waals surface area contributed by atoms with Crippen LogP contribution in [0.1, 0.15) is 32.6 Å². The molecule has 4 N–H and O–H groups in total. The SMILES string of the molecule is CCNC(=S)NNC(=S)NC1CCCC1. The Bertz CT molecular complexity index is 226. The fraction of sp³-hybridized carbons (Fsp3) is 0.778. The summed E-state index contributed by atoms with van der Waals surface area (Å²) in [6, 6.07) is 0.527. The molecule has 86 valence electrons. The molecule has 0 bridgehead atoms. The first kappa shape index (κ1) is 12.4. The minimum absolute atomic E-state index is 0.527. The van der Waals surface area contributed by atoms with Crippen molar-refractivity contribution in [2.75, 3.05) is 6.54 Å². The lowest BCUT2D eigenvalue weighted by molar-refractivity contribution is 0.617. The van der Waals surface area contributed by atoms with Gasteiger partial charge in [0.25, 0.3) is 0 Å². The summed E-state index contributed by atoms with van der Waals surface area (Å²) >= 11 is 10.1. The standard InChI is InChI=1S/C9H18N4S2/c1-2-10-8(14)12-13-9(15)11-7-5-3-4-6-7/h7H,2-6H2,1H3,(H2,10,12,14)(H2,11,13,15). The van der Waals surface area contributed by atoms with Crippen LogP contribution in [0.25, 0.3) is 0 Å². The molecule has 0 spiro atoms. The molecular formula is C9H18N4S2. The maximum atomic E-state index is 5.12. The second-order valence-electron chi connectivity index (χ2n) is 3.56. The Morgan fingerprint density at radius 1 is 1.13 bits per heavy atom. The number of nitrogens with one attached hydrogen (secondary N) is 4. The van der Waals surface area contributed by atoms with Crippen molar-refractivity contribution in [1.29, 1.82) is 0 Å². The van der Waals surface area contributed by atoms with E-state index in [9.17, 15) is 0 Å². The summed E-state index contributed by atoms with van der Waals surface area (Å²) in [7, 11) is 0. The van der Waals surface area contributed by atoms with Gasteiger partial charge in [0.2, 0.25) is 0 Å². The third kappa shape index (κ3) is 5.13. The van der Waals surface area contributed by atoms with Crippen LogP contribution in [0, 0.1) is 0 Å². The van der Waals surface area contributed by atoms with Gasteiger partial charge >= 0.3 is 0 Å². The number of hydrogen-bond donors (Lipinski definition) is 4. The lowest BCUT2D eigenvalue weighted by Gasteiger charge is -2.17. The Hall–Kier alpha value is -0.620. The zero-order valence-electron chi connectivity index (χ0n) is 8.93. The van der Waals surface area contributed by atoms with Crippen molar-refractivity contribution in [2.45, 2.75) is 38.6 Å². The van der Waals surface area contributed by atoms with E-state index in [1.165, 1.54) is 25.7 Å². The smallest absolute Gasteiger partial charge is 0.185 e. The molecule has 0 heterocycles. The summed E-state index contributed by atoms with van der Waals surface area (Å²) in [6.45, 7) is 2.79. The van der Waals surface area contributed by atoms with Crippen LogP contribution in [0.3, 0.4) is 0 Å². The highest BCUT2D eigenvalue weighted by atomic mass is 32.1. The van der Waals surface area contributed by atoms with Crippen LogP contribution in [0.5, 0.6) is 0 Å². The number of hydrazine groups is 1. The van der Waals surface area contributed by atoms with E-state index in [2.05, 4.69) is 21.5 Å². The predicted octanol–water partition coefficient (Wildman–Crippen LogP) is 0.792. The lowest BCUT2D eigenvalue weighted by Crippen LogP contribution is -2.51. The molecule has 0 amide bonds. The molecule has 1 saturated carbocycles. The van der Waals surface area contributed by atoms with Gasteiger partial charge in [-0.3, -0.25) is 10.9 Å². The van der Waals surface area contributed by atoms with Crippen molar-refractivity contribution >= 4 is 34.7 Å². The average Bonchev–Trinajstić information content (AvgIpc) is 2.68. The van der Waals surface area contributed by atoms with Gasteiger partial charge in [-0.25, -0.2) is 0 Å². The first-order valence-corrected chi connectivity index (χ1v) is 6.14. The van der Waals surface area contributed by atoms with Gasteiger partial charge in [0, 0.05) is 12.6 Å². The van der Waals surface area contributed by atoms with E-state index in [1.54, 1.807) is 0 Å². The summed E-state index contributed by atoms with van der Waals surface area (Å²) in [4.78, 5) is 0. The molecule has 0 saturated heterocycles. The second-order valence-corrected chi connectivity index (χ2v) is 4.38. The van der Waals surface area contributed by atoms with Crippen molar-refractivity contribution in [1.82, 2.24) is 21.5 Å². The third-order valence-corrected chi connectivity index (χ3v) is 2.78. The molecular weight excluding hydrogens is 228 g/mol. The van der Waals surface area contributed by atoms with Gasteiger partial charge in [0.1, 0.15) is 0 Å². The molecule has 0 radical (unpaired) electrons. The average molecular weight is 246 g/mol. The first-order chi connectivity index (χ1) is 7.22. The number of rotatable bonds is 2. The van der Waals surface area contributed by atoms with Gasteiger partial charge in [0.05, 0.1) is 0 Å². The molecule has 0 aromatic rings. The molecule has 15 heavy (non-hydrogen) atoms. The van der Waals surface area contributed by atoms with Gasteiger partial charge in [-0.05, 0) is 44.2 Å². The van der Waals surface area contributed by atoms with E-state index in [0.29, 0.717) is 16.3 Å². The molecule has 1 fully saturated rings. The van der Waals surface area contributed by atoms with E-state index >= 15 is 0 Å². The predicted molar refractivity (Wildman–Crippen MR) is 70.5 cm³/mol. The van der Waals surface area contributed by atoms with Crippen molar-refractivity contribution in [3.63, 3.8) is 0 Å². The van der Waals surface area contributed by atoms with Gasteiger partial charge in [-0.2, -0.15) is 0 Å². The summed E-state index contributed by atoms with van der Waals surface area (Å²) in [5.41, 5.74) is 5.68. The molecule has 0 aromatic heterocycles. The zero-order valence-corrected chi connectivity index (χ0v) is 10.6. The van der Waals surface area contributed by atoms with E-state index in [1.807, 2.05) is 6.92 Å². The second kappa shape index (κ2) is 6.79. The molecule has 1 rings (SSSR count). The maximum absolute atomic E-state index is 5.12. The maximum Gasteiger partial charge on any atom is 0.185 e. The molecule has 0 atom stereocenters. The Labute approximate surface area is 102 Å². The Morgan fingerprint density at radius 2 is 1.73 bits per heavy atom. The van der Waals surface area contributed by atoms with Crippen LogP contribution in [-0.2, 0) is 0 Å². The molecule has 4 nitrogen and oxygen atoms in total. The van der Waals surface area contributed by atoms with E-state index in [0.717, 1.165) is 6.54 Å². The molecule has 0 unspecified atom stereocenters. The van der Waals surface area contributed by atoms with Crippen molar-refractivity contribution in [3.8, 4) is 0 Å². The van der Waals surface area contributed by atoms with Crippen molar-refractivity contribution in [2.24, 2.45) is 0 Å². The molecule has 1 aliphatic rings. The summed E-state index contributed by atoms with van der Waals surface area (Å²) in [5, 5.41) is 7.39. The van der Waals surface area contributed by atoms with Crippen LogP contribution in [0.2, 0.25) is 0 Å². The Kier molecular flexibility index (Phi) is 5.63. The van der Waals surface area contributed by atoms with E-state index in [4.69, 9.17) is 24.4 Å². The van der Waals surface area contributed by atoms with E-state index < -0.39 is 0 Å². The minimum atomic E-state index is 0.527. The summed E-state index contributed by atoms with van der Waals surface area (Å²) < 4.78 is 0. The topological polar surface area (TPSA) is 48.1 Å². The molecule has 1 aliphatic carbocycles. The Balaban J connectivity index is 2.10. The van der Waals surface area contributed by atoms with Crippen molar-refractivity contribution < 1.29 is 0 Å². The van der Waals surface area contributed by atoms with Gasteiger partial charge in [-0.1, -0.05) is 12.8 Å². The monoisotopic (exact) mass is 246 g/mol. The minimum Gasteiger partial charge on any atom is -0.362 e. The highest BCUT2D eigenvalue weighted by Crippen LogP contribution is 2.17. The normalized spacial score (nSPS) is 15.8. The highest BCUT2D eigenvalue weighted by Gasteiger charge is 2.15. The highest BCUT2D eigenvalue weighted by molar-refractivity contribution is 7.80. The summed E-state index contributed by atoms with van der Waals surface area (Å²) in [6.07, 6.45) is 5.01. The number of thiocarbonyl (C=S) groups is 2. The van der Waals surface area contributed by atoms with E-state index in [-0.39, 0.29) is 0 Å². The van der Waals surface area contributed by atoms with Crippen LogP contribution in [0.4, 0.5) is 0 Å². The Morgan fingerprint density at radius 3 is 2.33 bits per heavy atom. The lowest BCUT2D eigenvalue weighted by atomic mass is 10.3. The fourth-order valence-corrected chi connectivity index (χ4v) is 2.02. The summed E-state index contributed by atoms with van der Waals surface area (Å²) in [5.74, 6) is 0. The number of hydrogen-bond acceptors (Lipinski definition) is 2. The molecule has 0 aliphatic heterocycles. The van der Waals surface area contributed by atoms with Gasteiger partial charge < -0.3 is 10.6 Å². The van der Waals surface area contributed by atoms with Crippen LogP contribution in [0.15, 0.2) is 0 Å². The quantitative estimate of drug-likeness (QED) is 0.427. The zero-order chi connectivity index (χ0) is 11.1. The fourth-order valence-electron chi connectivity index (χ4n) is 1.61. The van der Waals surface area contributed by atoms with Crippen molar-refractivity contribution in [3.05, 3.63) is 0 Å². The third-order valence-electron chi connectivity index (χ3n) is 2.32. The van der Waals surface area contributed by atoms with Crippen LogP contribution < -0.4 is 21.5 Å². The largest absolute Gasteiger partial charge is 0.362 e.